The van der Waals surface area contributed by atoms with Crippen molar-refractivity contribution in [3.63, 3.8) is 0 Å². The molecule has 2 aliphatic rings. The van der Waals surface area contributed by atoms with E-state index in [0.29, 0.717) is 35.7 Å². The van der Waals surface area contributed by atoms with Crippen molar-refractivity contribution < 1.29 is 14.3 Å². The molecule has 0 unspecified atom stereocenters. The summed E-state index contributed by atoms with van der Waals surface area (Å²) >= 11 is 5.93. The van der Waals surface area contributed by atoms with E-state index >= 15 is 0 Å². The van der Waals surface area contributed by atoms with E-state index in [2.05, 4.69) is 17.5 Å². The van der Waals surface area contributed by atoms with E-state index < -0.39 is 0 Å². The molecule has 3 atom stereocenters. The van der Waals surface area contributed by atoms with Gasteiger partial charge in [-0.25, -0.2) is 5.43 Å². The number of carbonyl (C=O) groups excluding carboxylic acids is 1. The standard InChI is InChI=1S/C25H29ClN2O3/c1-3-30-22-14-18(9-12-21(22)31-16-17-7-10-19(26)11-8-17)15-27-28-24(29)23-20-6-4-5-13-25(20,23)2/h7-12,14-15,20,23H,3-6,13,16H2,1-2H3,(H,28,29)/b27-15+/t20-,23-,25+/m0/s1. The molecular formula is C25H29ClN2O3. The van der Waals surface area contributed by atoms with Crippen molar-refractivity contribution in [1.82, 2.24) is 5.43 Å². The van der Waals surface area contributed by atoms with Crippen LogP contribution in [0.5, 0.6) is 11.5 Å². The molecule has 5 nitrogen and oxygen atoms in total. The normalized spacial score (nSPS) is 24.5. The molecule has 1 amide bonds. The molecule has 0 spiro atoms. The Kier molecular flexibility index (Phi) is 6.51. The van der Waals surface area contributed by atoms with Crippen molar-refractivity contribution in [3.05, 3.63) is 58.6 Å². The Bertz CT molecular complexity index is 960. The molecule has 6 heteroatoms. The molecule has 164 valence electrons. The van der Waals surface area contributed by atoms with Gasteiger partial charge in [-0.1, -0.05) is 43.5 Å². The molecule has 2 aromatic carbocycles. The van der Waals surface area contributed by atoms with Crippen LogP contribution in [-0.4, -0.2) is 18.7 Å². The van der Waals surface area contributed by atoms with Crippen LogP contribution in [0.15, 0.2) is 47.6 Å². The van der Waals surface area contributed by atoms with Gasteiger partial charge in [0, 0.05) is 10.9 Å². The highest BCUT2D eigenvalue weighted by atomic mass is 35.5. The lowest BCUT2D eigenvalue weighted by atomic mass is 9.90. The number of hydrazone groups is 1. The molecule has 2 fully saturated rings. The lowest BCUT2D eigenvalue weighted by Crippen LogP contribution is -2.22. The van der Waals surface area contributed by atoms with Gasteiger partial charge in [0.2, 0.25) is 5.91 Å². The quantitative estimate of drug-likeness (QED) is 0.429. The third kappa shape index (κ3) is 4.87. The Morgan fingerprint density at radius 3 is 2.71 bits per heavy atom. The average Bonchev–Trinajstić information content (AvgIpc) is 3.40. The number of benzene rings is 2. The molecule has 0 bridgehead atoms. The zero-order valence-electron chi connectivity index (χ0n) is 18.1. The Hall–Kier alpha value is -2.53. The summed E-state index contributed by atoms with van der Waals surface area (Å²) in [5, 5.41) is 4.89. The van der Waals surface area contributed by atoms with E-state index in [1.54, 1.807) is 6.21 Å². The van der Waals surface area contributed by atoms with Crippen molar-refractivity contribution in [1.29, 1.82) is 0 Å². The third-order valence-corrected chi connectivity index (χ3v) is 6.83. The number of halogens is 1. The van der Waals surface area contributed by atoms with Gasteiger partial charge in [0.15, 0.2) is 11.5 Å². The highest BCUT2D eigenvalue weighted by molar-refractivity contribution is 6.30. The maximum Gasteiger partial charge on any atom is 0.244 e. The molecule has 2 aliphatic carbocycles. The first-order valence-corrected chi connectivity index (χ1v) is 11.4. The fourth-order valence-electron chi connectivity index (χ4n) is 4.82. The van der Waals surface area contributed by atoms with Gasteiger partial charge in [-0.2, -0.15) is 5.10 Å². The fraction of sp³-hybridized carbons (Fsp3) is 0.440. The van der Waals surface area contributed by atoms with Crippen LogP contribution in [0.25, 0.3) is 0 Å². The monoisotopic (exact) mass is 440 g/mol. The van der Waals surface area contributed by atoms with Crippen molar-refractivity contribution in [2.45, 2.75) is 46.1 Å². The first kappa shape index (κ1) is 21.7. The lowest BCUT2D eigenvalue weighted by Gasteiger charge is -2.15. The molecule has 2 saturated carbocycles. The number of hydrogen-bond acceptors (Lipinski definition) is 4. The number of fused-ring (bicyclic) bond motifs is 1. The predicted molar refractivity (Wildman–Crippen MR) is 123 cm³/mol. The summed E-state index contributed by atoms with van der Waals surface area (Å²) in [6.07, 6.45) is 6.42. The summed E-state index contributed by atoms with van der Waals surface area (Å²) in [7, 11) is 0. The molecule has 0 aliphatic heterocycles. The third-order valence-electron chi connectivity index (χ3n) is 6.58. The summed E-state index contributed by atoms with van der Waals surface area (Å²) in [5.41, 5.74) is 4.78. The van der Waals surface area contributed by atoms with E-state index in [1.807, 2.05) is 49.4 Å². The van der Waals surface area contributed by atoms with Gasteiger partial charge in [0.25, 0.3) is 0 Å². The molecule has 2 aromatic rings. The van der Waals surface area contributed by atoms with Gasteiger partial charge >= 0.3 is 0 Å². The summed E-state index contributed by atoms with van der Waals surface area (Å²) in [6.45, 7) is 5.11. The van der Waals surface area contributed by atoms with Crippen LogP contribution in [0.3, 0.4) is 0 Å². The largest absolute Gasteiger partial charge is 0.490 e. The fourth-order valence-corrected chi connectivity index (χ4v) is 4.95. The average molecular weight is 441 g/mol. The van der Waals surface area contributed by atoms with Crippen molar-refractivity contribution in [3.8, 4) is 11.5 Å². The second-order valence-electron chi connectivity index (χ2n) is 8.62. The second kappa shape index (κ2) is 9.31. The number of nitrogens with one attached hydrogen (secondary N) is 1. The number of nitrogens with zero attached hydrogens (tertiary/aromatic N) is 1. The summed E-state index contributed by atoms with van der Waals surface area (Å²) in [5.74, 6) is 1.98. The molecule has 0 radical (unpaired) electrons. The van der Waals surface area contributed by atoms with E-state index in [4.69, 9.17) is 21.1 Å². The molecule has 1 N–H and O–H groups in total. The summed E-state index contributed by atoms with van der Waals surface area (Å²) < 4.78 is 11.7. The first-order chi connectivity index (χ1) is 15.0. The van der Waals surface area contributed by atoms with Crippen LogP contribution in [0.2, 0.25) is 5.02 Å². The molecule has 0 aromatic heterocycles. The van der Waals surface area contributed by atoms with Crippen LogP contribution in [0.1, 0.15) is 50.7 Å². The minimum Gasteiger partial charge on any atom is -0.490 e. The number of amides is 1. The van der Waals surface area contributed by atoms with E-state index in [0.717, 1.165) is 24.0 Å². The van der Waals surface area contributed by atoms with Crippen molar-refractivity contribution in [2.24, 2.45) is 22.4 Å². The number of hydrogen-bond donors (Lipinski definition) is 1. The van der Waals surface area contributed by atoms with Crippen LogP contribution in [-0.2, 0) is 11.4 Å². The highest BCUT2D eigenvalue weighted by Crippen LogP contribution is 2.66. The van der Waals surface area contributed by atoms with E-state index in [1.165, 1.54) is 12.8 Å². The van der Waals surface area contributed by atoms with E-state index in [9.17, 15) is 4.79 Å². The maximum absolute atomic E-state index is 12.6. The topological polar surface area (TPSA) is 59.9 Å². The Morgan fingerprint density at radius 1 is 1.19 bits per heavy atom. The predicted octanol–water partition coefficient (Wildman–Crippen LogP) is 5.59. The molecule has 4 rings (SSSR count). The minimum absolute atomic E-state index is 0.0404. The molecule has 31 heavy (non-hydrogen) atoms. The van der Waals surface area contributed by atoms with Crippen LogP contribution < -0.4 is 14.9 Å². The van der Waals surface area contributed by atoms with E-state index in [-0.39, 0.29) is 17.2 Å². The van der Waals surface area contributed by atoms with Gasteiger partial charge in [-0.3, -0.25) is 4.79 Å². The van der Waals surface area contributed by atoms with Gasteiger partial charge < -0.3 is 9.47 Å². The highest BCUT2D eigenvalue weighted by Gasteiger charge is 2.64. The number of ether oxygens (including phenoxy) is 2. The number of carbonyl (C=O) groups is 1. The van der Waals surface area contributed by atoms with Gasteiger partial charge in [-0.05, 0) is 72.6 Å². The molecule has 0 saturated heterocycles. The van der Waals surface area contributed by atoms with Gasteiger partial charge in [0.05, 0.1) is 12.8 Å². The van der Waals surface area contributed by atoms with Gasteiger partial charge in [-0.15, -0.1) is 0 Å². The number of rotatable bonds is 8. The summed E-state index contributed by atoms with van der Waals surface area (Å²) in [4.78, 5) is 12.6. The minimum atomic E-state index is 0.0404. The smallest absolute Gasteiger partial charge is 0.244 e. The second-order valence-corrected chi connectivity index (χ2v) is 9.06. The zero-order valence-corrected chi connectivity index (χ0v) is 18.8. The van der Waals surface area contributed by atoms with Crippen molar-refractivity contribution in [2.75, 3.05) is 6.61 Å². The SMILES string of the molecule is CCOc1cc(/C=N/NC(=O)[C@@H]2[C@@H]3CCCC[C@@]23C)ccc1OCc1ccc(Cl)cc1. The Balaban J connectivity index is 1.36. The Morgan fingerprint density at radius 2 is 2.00 bits per heavy atom. The van der Waals surface area contributed by atoms with Crippen molar-refractivity contribution >= 4 is 23.7 Å². The molecule has 0 heterocycles. The first-order valence-electron chi connectivity index (χ1n) is 11.0. The lowest BCUT2D eigenvalue weighted by molar-refractivity contribution is -0.123. The summed E-state index contributed by atoms with van der Waals surface area (Å²) in [6, 6.07) is 13.2. The molecular weight excluding hydrogens is 412 g/mol. The van der Waals surface area contributed by atoms with Crippen LogP contribution in [0, 0.1) is 17.3 Å². The zero-order chi connectivity index (χ0) is 21.8. The maximum atomic E-state index is 12.6. The van der Waals surface area contributed by atoms with Crippen LogP contribution in [0.4, 0.5) is 0 Å². The van der Waals surface area contributed by atoms with Gasteiger partial charge in [0.1, 0.15) is 6.61 Å². The van der Waals surface area contributed by atoms with Crippen LogP contribution >= 0.6 is 11.6 Å². The Labute approximate surface area is 188 Å².